The summed E-state index contributed by atoms with van der Waals surface area (Å²) >= 11 is 1.71. The van der Waals surface area contributed by atoms with E-state index in [9.17, 15) is 0 Å². The second-order valence-corrected chi connectivity index (χ2v) is 11.1. The van der Waals surface area contributed by atoms with Gasteiger partial charge in [0.1, 0.15) is 0 Å². The van der Waals surface area contributed by atoms with Crippen molar-refractivity contribution in [3.8, 4) is 5.13 Å². The van der Waals surface area contributed by atoms with Gasteiger partial charge in [0.2, 0.25) is 10.3 Å². The van der Waals surface area contributed by atoms with Crippen molar-refractivity contribution in [2.45, 2.75) is 44.7 Å². The maximum Gasteiger partial charge on any atom is 0.218 e. The summed E-state index contributed by atoms with van der Waals surface area (Å²) in [6.07, 6.45) is 9.24. The Labute approximate surface area is 213 Å². The minimum Gasteiger partial charge on any atom is -0.368 e. The summed E-state index contributed by atoms with van der Waals surface area (Å²) in [5.41, 5.74) is 2.62. The number of hydrogen-bond donors (Lipinski definition) is 0. The van der Waals surface area contributed by atoms with Gasteiger partial charge < -0.3 is 9.80 Å². The fraction of sp³-hybridized carbons (Fsp3) is 0.556. The number of aromatic nitrogens is 3. The topological polar surface area (TPSA) is 43.7 Å². The number of para-hydroxylation sites is 1. The highest BCUT2D eigenvalue weighted by molar-refractivity contribution is 7.17. The van der Waals surface area contributed by atoms with Crippen LogP contribution in [0.3, 0.4) is 0 Å². The Morgan fingerprint density at radius 1 is 0.714 bits per heavy atom. The molecule has 8 heteroatoms. The molecule has 3 aromatic rings. The lowest BCUT2D eigenvalue weighted by atomic mass is 9.94. The van der Waals surface area contributed by atoms with Gasteiger partial charge in [-0.25, -0.2) is 0 Å². The molecule has 3 aliphatic rings. The van der Waals surface area contributed by atoms with Crippen molar-refractivity contribution < 1.29 is 0 Å². The predicted octanol–water partition coefficient (Wildman–Crippen LogP) is 4.11. The van der Waals surface area contributed by atoms with E-state index in [2.05, 4.69) is 83.0 Å². The van der Waals surface area contributed by atoms with Crippen LogP contribution in [0.5, 0.6) is 0 Å². The van der Waals surface area contributed by atoms with Crippen LogP contribution >= 0.6 is 11.3 Å². The molecule has 4 heterocycles. The molecule has 2 saturated heterocycles. The molecule has 1 aromatic carbocycles. The molecule has 0 spiro atoms. The first-order valence-electron chi connectivity index (χ1n) is 13.3. The van der Waals surface area contributed by atoms with E-state index in [-0.39, 0.29) is 0 Å². The monoisotopic (exact) mass is 491 g/mol. The average Bonchev–Trinajstić information content (AvgIpc) is 3.60. The van der Waals surface area contributed by atoms with E-state index in [1.165, 1.54) is 56.6 Å². The van der Waals surface area contributed by atoms with Gasteiger partial charge in [-0.15, -0.1) is 10.2 Å². The third-order valence-electron chi connectivity index (χ3n) is 8.00. The number of anilines is 2. The molecule has 35 heavy (non-hydrogen) atoms. The van der Waals surface area contributed by atoms with Gasteiger partial charge in [0.05, 0.1) is 0 Å². The Kier molecular flexibility index (Phi) is 7.02. The first kappa shape index (κ1) is 23.0. The van der Waals surface area contributed by atoms with Crippen molar-refractivity contribution >= 4 is 22.2 Å². The van der Waals surface area contributed by atoms with Crippen LogP contribution in [0.2, 0.25) is 0 Å². The molecule has 0 radical (unpaired) electrons. The van der Waals surface area contributed by atoms with Crippen LogP contribution in [-0.2, 0) is 6.54 Å². The van der Waals surface area contributed by atoms with Gasteiger partial charge in [-0.05, 0) is 37.1 Å². The smallest absolute Gasteiger partial charge is 0.218 e. The molecule has 2 aromatic heterocycles. The lowest BCUT2D eigenvalue weighted by Gasteiger charge is -2.40. The first-order valence-corrected chi connectivity index (χ1v) is 14.2. The Bertz CT molecular complexity index is 1060. The fourth-order valence-corrected chi connectivity index (χ4v) is 6.84. The molecular weight excluding hydrogens is 454 g/mol. The van der Waals surface area contributed by atoms with Crippen molar-refractivity contribution in [1.82, 2.24) is 24.6 Å². The molecule has 1 saturated carbocycles. The molecule has 6 rings (SSSR count). The zero-order valence-corrected chi connectivity index (χ0v) is 21.5. The van der Waals surface area contributed by atoms with Gasteiger partial charge in [0.15, 0.2) is 0 Å². The quantitative estimate of drug-likeness (QED) is 0.517. The summed E-state index contributed by atoms with van der Waals surface area (Å²) < 4.78 is 2.24. The lowest BCUT2D eigenvalue weighted by molar-refractivity contribution is 0.0747. The maximum absolute atomic E-state index is 4.59. The number of hydrogen-bond acceptors (Lipinski definition) is 7. The van der Waals surface area contributed by atoms with Gasteiger partial charge in [-0.3, -0.25) is 14.4 Å². The highest BCUT2D eigenvalue weighted by Crippen LogP contribution is 2.28. The van der Waals surface area contributed by atoms with Crippen LogP contribution in [0.4, 0.5) is 10.8 Å². The van der Waals surface area contributed by atoms with Crippen molar-refractivity contribution in [2.75, 3.05) is 62.2 Å². The van der Waals surface area contributed by atoms with Gasteiger partial charge in [-0.2, -0.15) is 0 Å². The van der Waals surface area contributed by atoms with Crippen molar-refractivity contribution in [3.63, 3.8) is 0 Å². The number of piperazine rings is 2. The molecule has 2 aliphatic heterocycles. The minimum absolute atomic E-state index is 0.837. The molecule has 186 valence electrons. The molecule has 0 atom stereocenters. The third-order valence-corrected chi connectivity index (χ3v) is 8.98. The second-order valence-electron chi connectivity index (χ2n) is 10.2. The highest BCUT2D eigenvalue weighted by atomic mass is 32.1. The van der Waals surface area contributed by atoms with Gasteiger partial charge in [0.25, 0.3) is 0 Å². The zero-order chi connectivity index (χ0) is 23.5. The Morgan fingerprint density at radius 2 is 1.43 bits per heavy atom. The van der Waals surface area contributed by atoms with E-state index in [0.717, 1.165) is 62.1 Å². The first-order chi connectivity index (χ1) is 17.3. The van der Waals surface area contributed by atoms with E-state index in [4.69, 9.17) is 0 Å². The summed E-state index contributed by atoms with van der Waals surface area (Å²) in [6, 6.07) is 15.9. The van der Waals surface area contributed by atoms with Crippen LogP contribution in [0, 0.1) is 0 Å². The van der Waals surface area contributed by atoms with E-state index >= 15 is 0 Å². The molecule has 0 unspecified atom stereocenters. The van der Waals surface area contributed by atoms with Crippen LogP contribution in [0.1, 0.15) is 37.8 Å². The average molecular weight is 492 g/mol. The van der Waals surface area contributed by atoms with Gasteiger partial charge in [-0.1, -0.05) is 48.8 Å². The van der Waals surface area contributed by atoms with Crippen molar-refractivity contribution in [1.29, 1.82) is 0 Å². The molecular formula is C27H37N7S. The number of nitrogens with zero attached hydrogens (tertiary/aromatic N) is 7. The van der Waals surface area contributed by atoms with E-state index in [0.29, 0.717) is 0 Å². The fourth-order valence-electron chi connectivity index (χ4n) is 5.92. The highest BCUT2D eigenvalue weighted by Gasteiger charge is 2.26. The predicted molar refractivity (Wildman–Crippen MR) is 144 cm³/mol. The number of benzene rings is 1. The Hall–Kier alpha value is -2.42. The Morgan fingerprint density at radius 3 is 2.20 bits per heavy atom. The van der Waals surface area contributed by atoms with Crippen LogP contribution < -0.4 is 9.80 Å². The minimum atomic E-state index is 0.837. The summed E-state index contributed by atoms with van der Waals surface area (Å²) in [6.45, 7) is 9.72. The zero-order valence-electron chi connectivity index (χ0n) is 20.6. The van der Waals surface area contributed by atoms with E-state index in [1.54, 1.807) is 11.3 Å². The molecule has 3 fully saturated rings. The SMILES string of the molecule is c1ccc(N2CCN(c3nnc(-n4cccc4CN4CCN(C5CCCCC5)CC4)s3)CC2)cc1. The Balaban J connectivity index is 1.04. The summed E-state index contributed by atoms with van der Waals surface area (Å²) in [7, 11) is 0. The van der Waals surface area contributed by atoms with Crippen LogP contribution in [-0.4, -0.2) is 83.0 Å². The standard InChI is InChI=1S/C27H37N7S/c1-3-8-23(9-4-1)31-16-14-30(15-17-31)22-25-12-7-13-34(25)27-29-28-26(35-27)33-20-18-32(19-21-33)24-10-5-2-6-11-24/h2,5-7,10-13,23H,1,3-4,8-9,14-22H2. The summed E-state index contributed by atoms with van der Waals surface area (Å²) in [4.78, 5) is 10.2. The van der Waals surface area contributed by atoms with Crippen molar-refractivity contribution in [2.24, 2.45) is 0 Å². The van der Waals surface area contributed by atoms with Crippen LogP contribution in [0.25, 0.3) is 5.13 Å². The van der Waals surface area contributed by atoms with Gasteiger partial charge in [0, 0.05) is 82.5 Å². The van der Waals surface area contributed by atoms with Gasteiger partial charge >= 0.3 is 0 Å². The molecule has 0 N–H and O–H groups in total. The van der Waals surface area contributed by atoms with E-state index < -0.39 is 0 Å². The lowest BCUT2D eigenvalue weighted by Crippen LogP contribution is -2.50. The van der Waals surface area contributed by atoms with E-state index in [1.807, 2.05) is 0 Å². The summed E-state index contributed by atoms with van der Waals surface area (Å²) in [5, 5.41) is 11.2. The molecule has 7 nitrogen and oxygen atoms in total. The third kappa shape index (κ3) is 5.25. The number of rotatable bonds is 6. The maximum atomic E-state index is 4.59. The second kappa shape index (κ2) is 10.7. The molecule has 0 bridgehead atoms. The largest absolute Gasteiger partial charge is 0.368 e. The molecule has 0 amide bonds. The normalized spacial score (nSPS) is 21.0. The summed E-state index contributed by atoms with van der Waals surface area (Å²) in [5.74, 6) is 0. The van der Waals surface area contributed by atoms with Crippen LogP contribution in [0.15, 0.2) is 48.7 Å². The molecule has 1 aliphatic carbocycles. The van der Waals surface area contributed by atoms with Crippen molar-refractivity contribution in [3.05, 3.63) is 54.4 Å².